The van der Waals surface area contributed by atoms with E-state index in [0.29, 0.717) is 5.92 Å². The zero-order valence-electron chi connectivity index (χ0n) is 12.5. The summed E-state index contributed by atoms with van der Waals surface area (Å²) in [6.45, 7) is 14.5. The van der Waals surface area contributed by atoms with E-state index in [-0.39, 0.29) is 23.7 Å². The van der Waals surface area contributed by atoms with E-state index in [1.54, 1.807) is 7.11 Å². The van der Waals surface area contributed by atoms with Crippen LogP contribution >= 0.6 is 0 Å². The summed E-state index contributed by atoms with van der Waals surface area (Å²) in [5, 5.41) is 11.4. The van der Waals surface area contributed by atoms with Gasteiger partial charge in [0.25, 0.3) is 0 Å². The Labute approximate surface area is 116 Å². The van der Waals surface area contributed by atoms with E-state index >= 15 is 0 Å². The van der Waals surface area contributed by atoms with Gasteiger partial charge in [0.1, 0.15) is 12.4 Å². The monoisotopic (exact) mass is 266 g/mol. The Morgan fingerprint density at radius 3 is 2.58 bits per heavy atom. The molecule has 0 aromatic rings. The highest BCUT2D eigenvalue weighted by Crippen LogP contribution is 2.72. The van der Waals surface area contributed by atoms with Gasteiger partial charge >= 0.3 is 0 Å². The SMILES string of the molecule is C=CC12CCC([C@@H](OCOC)[C@]1(O)C(=C)C)C2(C)C. The first-order chi connectivity index (χ1) is 8.79. The summed E-state index contributed by atoms with van der Waals surface area (Å²) < 4.78 is 10.9. The molecule has 0 spiro atoms. The summed E-state index contributed by atoms with van der Waals surface area (Å²) in [4.78, 5) is 0. The number of ether oxygens (including phenoxy) is 2. The topological polar surface area (TPSA) is 38.7 Å². The van der Waals surface area contributed by atoms with Gasteiger partial charge in [0.15, 0.2) is 0 Å². The second-order valence-electron chi connectivity index (χ2n) is 6.58. The maximum absolute atomic E-state index is 11.4. The normalized spacial score (nSPS) is 43.4. The first-order valence-corrected chi connectivity index (χ1v) is 6.92. The zero-order chi connectivity index (χ0) is 14.5. The Morgan fingerprint density at radius 2 is 2.11 bits per heavy atom. The fraction of sp³-hybridized carbons (Fsp3) is 0.750. The van der Waals surface area contributed by atoms with Crippen LogP contribution in [0.15, 0.2) is 24.8 Å². The highest BCUT2D eigenvalue weighted by Gasteiger charge is 2.75. The molecule has 3 nitrogen and oxygen atoms in total. The van der Waals surface area contributed by atoms with Crippen molar-refractivity contribution < 1.29 is 14.6 Å². The van der Waals surface area contributed by atoms with E-state index in [2.05, 4.69) is 27.0 Å². The fourth-order valence-electron chi connectivity index (χ4n) is 4.68. The first kappa shape index (κ1) is 14.8. The van der Waals surface area contributed by atoms with E-state index in [1.807, 2.05) is 13.0 Å². The quantitative estimate of drug-likeness (QED) is 0.614. The van der Waals surface area contributed by atoms with Gasteiger partial charge in [-0.3, -0.25) is 0 Å². The molecule has 2 unspecified atom stereocenters. The third-order valence-corrected chi connectivity index (χ3v) is 5.75. The lowest BCUT2D eigenvalue weighted by Gasteiger charge is -2.48. The molecular weight excluding hydrogens is 240 g/mol. The molecule has 2 bridgehead atoms. The Hall–Kier alpha value is -0.640. The summed E-state index contributed by atoms with van der Waals surface area (Å²) in [6.07, 6.45) is 3.64. The fourth-order valence-corrected chi connectivity index (χ4v) is 4.68. The van der Waals surface area contributed by atoms with Gasteiger partial charge in [-0.15, -0.1) is 6.58 Å². The summed E-state index contributed by atoms with van der Waals surface area (Å²) in [5.74, 6) is 0.294. The molecule has 19 heavy (non-hydrogen) atoms. The summed E-state index contributed by atoms with van der Waals surface area (Å²) >= 11 is 0. The minimum atomic E-state index is -1.06. The van der Waals surface area contributed by atoms with Gasteiger partial charge in [0.2, 0.25) is 0 Å². The molecule has 2 aliphatic carbocycles. The second kappa shape index (κ2) is 4.44. The molecule has 2 saturated carbocycles. The maximum Gasteiger partial charge on any atom is 0.146 e. The highest BCUT2D eigenvalue weighted by molar-refractivity contribution is 5.37. The molecule has 4 atom stereocenters. The van der Waals surface area contributed by atoms with Gasteiger partial charge in [0, 0.05) is 12.5 Å². The van der Waals surface area contributed by atoms with Crippen LogP contribution in [0.4, 0.5) is 0 Å². The Bertz CT molecular complexity index is 401. The molecule has 1 N–H and O–H groups in total. The first-order valence-electron chi connectivity index (χ1n) is 6.92. The molecule has 0 radical (unpaired) electrons. The minimum absolute atomic E-state index is 0.0547. The molecule has 2 aliphatic rings. The van der Waals surface area contributed by atoms with Crippen LogP contribution in [0.25, 0.3) is 0 Å². The van der Waals surface area contributed by atoms with E-state index in [4.69, 9.17) is 9.47 Å². The van der Waals surface area contributed by atoms with Crippen molar-refractivity contribution in [2.24, 2.45) is 16.7 Å². The lowest BCUT2D eigenvalue weighted by Crippen LogP contribution is -2.55. The average molecular weight is 266 g/mol. The van der Waals surface area contributed by atoms with E-state index in [0.717, 1.165) is 18.4 Å². The molecular formula is C16H26O3. The van der Waals surface area contributed by atoms with Crippen molar-refractivity contribution in [3.63, 3.8) is 0 Å². The van der Waals surface area contributed by atoms with Crippen molar-refractivity contribution in [1.82, 2.24) is 0 Å². The molecule has 0 aliphatic heterocycles. The lowest BCUT2D eigenvalue weighted by atomic mass is 9.61. The van der Waals surface area contributed by atoms with Crippen molar-refractivity contribution in [2.45, 2.75) is 45.3 Å². The van der Waals surface area contributed by atoms with Gasteiger partial charge in [-0.25, -0.2) is 0 Å². The predicted molar refractivity (Wildman–Crippen MR) is 75.6 cm³/mol. The summed E-state index contributed by atoms with van der Waals surface area (Å²) in [7, 11) is 1.60. The average Bonchev–Trinajstić information content (AvgIpc) is 2.69. The van der Waals surface area contributed by atoms with Crippen LogP contribution in [-0.4, -0.2) is 30.7 Å². The Balaban J connectivity index is 2.52. The van der Waals surface area contributed by atoms with Crippen LogP contribution in [0.5, 0.6) is 0 Å². The molecule has 0 aromatic heterocycles. The molecule has 0 saturated heterocycles. The van der Waals surface area contributed by atoms with Crippen LogP contribution < -0.4 is 0 Å². The van der Waals surface area contributed by atoms with Crippen LogP contribution in [0.3, 0.4) is 0 Å². The largest absolute Gasteiger partial charge is 0.382 e. The van der Waals surface area contributed by atoms with Crippen molar-refractivity contribution in [2.75, 3.05) is 13.9 Å². The number of methoxy groups -OCH3 is 1. The van der Waals surface area contributed by atoms with E-state index in [9.17, 15) is 5.11 Å². The second-order valence-corrected chi connectivity index (χ2v) is 6.58. The minimum Gasteiger partial charge on any atom is -0.382 e. The van der Waals surface area contributed by atoms with E-state index < -0.39 is 5.60 Å². The molecule has 2 fully saturated rings. The molecule has 0 heterocycles. The van der Waals surface area contributed by atoms with Gasteiger partial charge in [-0.1, -0.05) is 26.5 Å². The molecule has 3 heteroatoms. The van der Waals surface area contributed by atoms with Crippen LogP contribution in [0.2, 0.25) is 0 Å². The number of aliphatic hydroxyl groups is 1. The third kappa shape index (κ3) is 1.49. The summed E-state index contributed by atoms with van der Waals surface area (Å²) in [6, 6.07) is 0. The lowest BCUT2D eigenvalue weighted by molar-refractivity contribution is -0.171. The zero-order valence-corrected chi connectivity index (χ0v) is 12.5. The third-order valence-electron chi connectivity index (χ3n) is 5.75. The van der Waals surface area contributed by atoms with Crippen LogP contribution in [0, 0.1) is 16.7 Å². The van der Waals surface area contributed by atoms with Gasteiger partial charge in [0.05, 0.1) is 6.10 Å². The van der Waals surface area contributed by atoms with Gasteiger partial charge in [-0.2, -0.15) is 0 Å². The van der Waals surface area contributed by atoms with Crippen molar-refractivity contribution in [3.8, 4) is 0 Å². The number of rotatable bonds is 5. The predicted octanol–water partition coefficient (Wildman–Crippen LogP) is 2.90. The van der Waals surface area contributed by atoms with Gasteiger partial charge < -0.3 is 14.6 Å². The number of hydrogen-bond donors (Lipinski definition) is 1. The van der Waals surface area contributed by atoms with Crippen LogP contribution in [-0.2, 0) is 9.47 Å². The van der Waals surface area contributed by atoms with Crippen molar-refractivity contribution in [1.29, 1.82) is 0 Å². The maximum atomic E-state index is 11.4. The molecule has 108 valence electrons. The smallest absolute Gasteiger partial charge is 0.146 e. The Kier molecular flexibility index (Phi) is 3.45. The number of hydrogen-bond acceptors (Lipinski definition) is 3. The highest BCUT2D eigenvalue weighted by atomic mass is 16.7. The van der Waals surface area contributed by atoms with Crippen LogP contribution in [0.1, 0.15) is 33.6 Å². The Morgan fingerprint density at radius 1 is 1.47 bits per heavy atom. The van der Waals surface area contributed by atoms with Gasteiger partial charge in [-0.05, 0) is 36.7 Å². The molecule has 0 amide bonds. The standard InChI is InChI=1S/C16H26O3/c1-7-15-9-8-12(14(15,4)5)13(19-10-18-6)16(15,17)11(2)3/h7,12-13,17H,1-2,8-10H2,3-6H3/t12?,13-,15?,16-/m1/s1. The van der Waals surface area contributed by atoms with Crippen molar-refractivity contribution in [3.05, 3.63) is 24.8 Å². The van der Waals surface area contributed by atoms with E-state index in [1.165, 1.54) is 0 Å². The van der Waals surface area contributed by atoms with Crippen molar-refractivity contribution >= 4 is 0 Å². The molecule has 0 aromatic carbocycles. The number of fused-ring (bicyclic) bond motifs is 2. The summed E-state index contributed by atoms with van der Waals surface area (Å²) in [5.41, 5.74) is -0.723. The molecule has 2 rings (SSSR count).